The lowest BCUT2D eigenvalue weighted by atomic mass is 10.2. The zero-order valence-corrected chi connectivity index (χ0v) is 14.9. The van der Waals surface area contributed by atoms with Crippen LogP contribution in [-0.4, -0.2) is 11.8 Å². The van der Waals surface area contributed by atoms with Crippen molar-refractivity contribution in [3.8, 4) is 0 Å². The average Bonchev–Trinajstić information content (AvgIpc) is 2.46. The highest BCUT2D eigenvalue weighted by Crippen LogP contribution is 2.23. The fourth-order valence-corrected chi connectivity index (χ4v) is 2.69. The van der Waals surface area contributed by atoms with Crippen molar-refractivity contribution in [1.29, 1.82) is 0 Å². The number of rotatable bonds is 2. The van der Waals surface area contributed by atoms with Gasteiger partial charge in [0.25, 0.3) is 0 Å². The molecule has 114 valence electrons. The number of halogens is 2. The second-order valence-electron chi connectivity index (χ2n) is 4.78. The summed E-state index contributed by atoms with van der Waals surface area (Å²) in [5, 5.41) is 5.70. The molecule has 0 spiro atoms. The Kier molecular flexibility index (Phi) is 5.42. The zero-order chi connectivity index (χ0) is 16.3. The average molecular weight is 429 g/mol. The Labute approximate surface area is 147 Å². The second-order valence-corrected chi connectivity index (χ2v) is 6.43. The van der Waals surface area contributed by atoms with Gasteiger partial charge in [-0.15, -0.1) is 0 Å². The first kappa shape index (κ1) is 16.8. The third kappa shape index (κ3) is 3.98. The molecule has 2 N–H and O–H groups in total. The highest BCUT2D eigenvalue weighted by Gasteiger charge is 2.16. The second kappa shape index (κ2) is 7.11. The summed E-state index contributed by atoms with van der Waals surface area (Å²) in [6, 6.07) is 10.7. The fourth-order valence-electron chi connectivity index (χ4n) is 1.87. The van der Waals surface area contributed by atoms with Crippen LogP contribution in [0.1, 0.15) is 11.1 Å². The van der Waals surface area contributed by atoms with Gasteiger partial charge in [0, 0.05) is 20.0 Å². The minimum Gasteiger partial charge on any atom is -0.318 e. The van der Waals surface area contributed by atoms with E-state index in [1.54, 1.807) is 31.2 Å². The molecule has 0 heterocycles. The lowest BCUT2D eigenvalue weighted by Gasteiger charge is -2.11. The molecule has 0 aliphatic rings. The molecule has 22 heavy (non-hydrogen) atoms. The van der Waals surface area contributed by atoms with Gasteiger partial charge in [0.15, 0.2) is 0 Å². The number of carbonyl (C=O) groups excluding carboxylic acids is 2. The van der Waals surface area contributed by atoms with E-state index in [9.17, 15) is 9.59 Å². The summed E-state index contributed by atoms with van der Waals surface area (Å²) < 4.78 is 1.06. The van der Waals surface area contributed by atoms with Crippen molar-refractivity contribution in [3.05, 3.63) is 56.1 Å². The molecule has 2 amide bonds. The molecule has 0 aliphatic carbocycles. The SMILES string of the molecule is Cc1cc(I)ccc1NC(=O)C(=O)Nc1cccc(Cl)c1C. The van der Waals surface area contributed by atoms with E-state index in [1.165, 1.54) is 0 Å². The van der Waals surface area contributed by atoms with Crippen LogP contribution in [0.4, 0.5) is 11.4 Å². The predicted octanol–water partition coefficient (Wildman–Crippen LogP) is 4.14. The lowest BCUT2D eigenvalue weighted by Crippen LogP contribution is -2.29. The maximum atomic E-state index is 12.0. The minimum absolute atomic E-state index is 0.520. The van der Waals surface area contributed by atoms with E-state index in [0.29, 0.717) is 16.4 Å². The van der Waals surface area contributed by atoms with Crippen molar-refractivity contribution in [2.24, 2.45) is 0 Å². The van der Waals surface area contributed by atoms with E-state index in [1.807, 2.05) is 19.1 Å². The number of carbonyl (C=O) groups is 2. The minimum atomic E-state index is -0.733. The van der Waals surface area contributed by atoms with Crippen LogP contribution in [0.3, 0.4) is 0 Å². The van der Waals surface area contributed by atoms with Crippen LogP contribution in [0, 0.1) is 17.4 Å². The molecule has 0 atom stereocenters. The van der Waals surface area contributed by atoms with E-state index >= 15 is 0 Å². The van der Waals surface area contributed by atoms with E-state index in [2.05, 4.69) is 33.2 Å². The van der Waals surface area contributed by atoms with Gasteiger partial charge in [-0.05, 0) is 77.9 Å². The molecule has 0 saturated heterocycles. The number of aryl methyl sites for hydroxylation is 1. The Bertz CT molecular complexity index is 747. The third-order valence-corrected chi connectivity index (χ3v) is 4.24. The molecule has 0 unspecified atom stereocenters. The maximum Gasteiger partial charge on any atom is 0.314 e. The van der Waals surface area contributed by atoms with Gasteiger partial charge in [-0.1, -0.05) is 17.7 Å². The summed E-state index contributed by atoms with van der Waals surface area (Å²) in [4.78, 5) is 24.0. The molecule has 0 aromatic heterocycles. The van der Waals surface area contributed by atoms with Crippen LogP contribution in [0.25, 0.3) is 0 Å². The number of anilines is 2. The number of amides is 2. The van der Waals surface area contributed by atoms with Crippen LogP contribution in [0.5, 0.6) is 0 Å². The molecule has 2 rings (SSSR count). The molecular weight excluding hydrogens is 415 g/mol. The smallest absolute Gasteiger partial charge is 0.314 e. The molecule has 0 saturated carbocycles. The predicted molar refractivity (Wildman–Crippen MR) is 97.3 cm³/mol. The van der Waals surface area contributed by atoms with Gasteiger partial charge in [0.1, 0.15) is 0 Å². The van der Waals surface area contributed by atoms with Crippen LogP contribution in [0.2, 0.25) is 5.02 Å². The molecule has 4 nitrogen and oxygen atoms in total. The van der Waals surface area contributed by atoms with Crippen LogP contribution >= 0.6 is 34.2 Å². The zero-order valence-electron chi connectivity index (χ0n) is 12.0. The Hall–Kier alpha value is -1.60. The van der Waals surface area contributed by atoms with Crippen molar-refractivity contribution in [3.63, 3.8) is 0 Å². The quantitative estimate of drug-likeness (QED) is 0.558. The van der Waals surface area contributed by atoms with Crippen molar-refractivity contribution in [1.82, 2.24) is 0 Å². The number of hydrogen-bond donors (Lipinski definition) is 2. The normalized spacial score (nSPS) is 10.2. The summed E-state index contributed by atoms with van der Waals surface area (Å²) >= 11 is 8.18. The first-order valence-electron chi connectivity index (χ1n) is 6.52. The summed E-state index contributed by atoms with van der Waals surface area (Å²) in [5.74, 6) is -1.45. The first-order valence-corrected chi connectivity index (χ1v) is 7.97. The highest BCUT2D eigenvalue weighted by molar-refractivity contribution is 14.1. The molecule has 0 fully saturated rings. The van der Waals surface area contributed by atoms with Gasteiger partial charge in [-0.3, -0.25) is 9.59 Å². The first-order chi connectivity index (χ1) is 10.4. The molecule has 6 heteroatoms. The van der Waals surface area contributed by atoms with Gasteiger partial charge in [-0.25, -0.2) is 0 Å². The lowest BCUT2D eigenvalue weighted by molar-refractivity contribution is -0.133. The monoisotopic (exact) mass is 428 g/mol. The molecule has 0 radical (unpaired) electrons. The Morgan fingerprint density at radius 1 is 1.00 bits per heavy atom. The van der Waals surface area contributed by atoms with Crippen molar-refractivity contribution >= 4 is 57.4 Å². The van der Waals surface area contributed by atoms with Gasteiger partial charge in [0.05, 0.1) is 0 Å². The van der Waals surface area contributed by atoms with Crippen molar-refractivity contribution in [2.75, 3.05) is 10.6 Å². The number of nitrogens with one attached hydrogen (secondary N) is 2. The van der Waals surface area contributed by atoms with Gasteiger partial charge >= 0.3 is 11.8 Å². The van der Waals surface area contributed by atoms with Gasteiger partial charge < -0.3 is 10.6 Å². The molecule has 0 bridgehead atoms. The van der Waals surface area contributed by atoms with Crippen LogP contribution in [-0.2, 0) is 9.59 Å². The topological polar surface area (TPSA) is 58.2 Å². The number of benzene rings is 2. The van der Waals surface area contributed by atoms with Gasteiger partial charge in [0.2, 0.25) is 0 Å². The maximum absolute atomic E-state index is 12.0. The highest BCUT2D eigenvalue weighted by atomic mass is 127. The molecular formula is C16H14ClIN2O2. The largest absolute Gasteiger partial charge is 0.318 e. The summed E-state index contributed by atoms with van der Waals surface area (Å²) in [5.41, 5.74) is 2.75. The molecule has 2 aromatic rings. The summed E-state index contributed by atoms with van der Waals surface area (Å²) in [6.07, 6.45) is 0. The number of hydrogen-bond acceptors (Lipinski definition) is 2. The Morgan fingerprint density at radius 2 is 1.64 bits per heavy atom. The molecule has 2 aromatic carbocycles. The van der Waals surface area contributed by atoms with Crippen LogP contribution < -0.4 is 10.6 Å². The van der Waals surface area contributed by atoms with Crippen LogP contribution in [0.15, 0.2) is 36.4 Å². The van der Waals surface area contributed by atoms with Crippen molar-refractivity contribution < 1.29 is 9.59 Å². The van der Waals surface area contributed by atoms with Gasteiger partial charge in [-0.2, -0.15) is 0 Å². The van der Waals surface area contributed by atoms with E-state index in [0.717, 1.165) is 14.7 Å². The Morgan fingerprint density at radius 3 is 2.27 bits per heavy atom. The van der Waals surface area contributed by atoms with E-state index < -0.39 is 11.8 Å². The molecule has 0 aliphatic heterocycles. The summed E-state index contributed by atoms with van der Waals surface area (Å²) in [6.45, 7) is 3.65. The van der Waals surface area contributed by atoms with E-state index in [4.69, 9.17) is 11.6 Å². The van der Waals surface area contributed by atoms with E-state index in [-0.39, 0.29) is 0 Å². The van der Waals surface area contributed by atoms with Crippen molar-refractivity contribution in [2.45, 2.75) is 13.8 Å². The fraction of sp³-hybridized carbons (Fsp3) is 0.125. The Balaban J connectivity index is 2.09. The summed E-state index contributed by atoms with van der Waals surface area (Å²) in [7, 11) is 0. The third-order valence-electron chi connectivity index (χ3n) is 3.16. The standard InChI is InChI=1S/C16H14ClIN2O2/c1-9-8-11(18)6-7-13(9)19-15(21)16(22)20-14-5-3-4-12(17)10(14)2/h3-8H,1-2H3,(H,19,21)(H,20,22).